The van der Waals surface area contributed by atoms with E-state index in [4.69, 9.17) is 0 Å². The molecule has 1 aliphatic heterocycles. The zero-order valence-corrected chi connectivity index (χ0v) is 13.1. The molecule has 1 saturated heterocycles. The van der Waals surface area contributed by atoms with Crippen LogP contribution in [0.4, 0.5) is 14.5 Å². The van der Waals surface area contributed by atoms with E-state index < -0.39 is 11.6 Å². The van der Waals surface area contributed by atoms with Gasteiger partial charge in [0.1, 0.15) is 0 Å². The Morgan fingerprint density at radius 3 is 2.91 bits per heavy atom. The van der Waals surface area contributed by atoms with Crippen LogP contribution in [0.3, 0.4) is 0 Å². The van der Waals surface area contributed by atoms with Gasteiger partial charge in [-0.05, 0) is 50.6 Å². The van der Waals surface area contributed by atoms with Crippen molar-refractivity contribution in [2.75, 3.05) is 25.0 Å². The number of nitrogens with zero attached hydrogens (tertiary/aromatic N) is 3. The van der Waals surface area contributed by atoms with Crippen molar-refractivity contribution >= 4 is 5.69 Å². The van der Waals surface area contributed by atoms with E-state index in [-0.39, 0.29) is 6.04 Å². The second-order valence-corrected chi connectivity index (χ2v) is 6.04. The molecule has 0 saturated carbocycles. The monoisotopic (exact) mass is 320 g/mol. The minimum Gasteiger partial charge on any atom is -0.381 e. The molecule has 23 heavy (non-hydrogen) atoms. The van der Waals surface area contributed by atoms with Gasteiger partial charge in [-0.3, -0.25) is 4.68 Å². The lowest BCUT2D eigenvalue weighted by atomic mass is 10.0. The molecule has 0 bridgehead atoms. The molecule has 1 aliphatic rings. The van der Waals surface area contributed by atoms with Gasteiger partial charge >= 0.3 is 0 Å². The van der Waals surface area contributed by atoms with E-state index in [2.05, 4.69) is 15.3 Å². The van der Waals surface area contributed by atoms with Gasteiger partial charge in [0.15, 0.2) is 11.6 Å². The summed E-state index contributed by atoms with van der Waals surface area (Å²) in [5.74, 6) is -1.61. The molecule has 2 aromatic rings. The number of aromatic nitrogens is 2. The Morgan fingerprint density at radius 1 is 1.22 bits per heavy atom. The summed E-state index contributed by atoms with van der Waals surface area (Å²) in [6.07, 6.45) is 6.99. The highest BCUT2D eigenvalue weighted by atomic mass is 19.2. The summed E-state index contributed by atoms with van der Waals surface area (Å²) in [7, 11) is 0. The summed E-state index contributed by atoms with van der Waals surface area (Å²) in [6.45, 7) is 3.97. The highest BCUT2D eigenvalue weighted by Gasteiger charge is 2.19. The van der Waals surface area contributed by atoms with Crippen LogP contribution in [-0.4, -0.2) is 40.4 Å². The molecular weight excluding hydrogens is 298 g/mol. The van der Waals surface area contributed by atoms with Crippen LogP contribution in [0.2, 0.25) is 0 Å². The van der Waals surface area contributed by atoms with Gasteiger partial charge < -0.3 is 10.2 Å². The zero-order chi connectivity index (χ0) is 16.1. The minimum atomic E-state index is -0.806. The van der Waals surface area contributed by atoms with Crippen LogP contribution >= 0.6 is 0 Å². The van der Waals surface area contributed by atoms with Gasteiger partial charge in [-0.15, -0.1) is 0 Å². The predicted molar refractivity (Wildman–Crippen MR) is 86.3 cm³/mol. The fourth-order valence-electron chi connectivity index (χ4n) is 3.09. The third-order valence-corrected chi connectivity index (χ3v) is 4.22. The summed E-state index contributed by atoms with van der Waals surface area (Å²) in [5.41, 5.74) is 0.646. The molecule has 0 amide bonds. The Bertz CT molecular complexity index is 615. The Morgan fingerprint density at radius 2 is 2.13 bits per heavy atom. The van der Waals surface area contributed by atoms with E-state index in [0.29, 0.717) is 5.69 Å². The maximum absolute atomic E-state index is 13.3. The molecule has 3 rings (SSSR count). The van der Waals surface area contributed by atoms with Crippen molar-refractivity contribution in [1.82, 2.24) is 14.7 Å². The number of rotatable bonds is 6. The lowest BCUT2D eigenvalue weighted by molar-refractivity contribution is 0.210. The van der Waals surface area contributed by atoms with Crippen LogP contribution in [-0.2, 0) is 6.54 Å². The number of nitrogens with one attached hydrogen (secondary N) is 1. The van der Waals surface area contributed by atoms with Crippen LogP contribution in [0.5, 0.6) is 0 Å². The van der Waals surface area contributed by atoms with Gasteiger partial charge in [0.25, 0.3) is 0 Å². The Labute approximate surface area is 135 Å². The van der Waals surface area contributed by atoms with Crippen molar-refractivity contribution in [3.05, 3.63) is 48.3 Å². The molecule has 0 aliphatic carbocycles. The average molecular weight is 320 g/mol. The van der Waals surface area contributed by atoms with E-state index in [9.17, 15) is 8.78 Å². The number of halogens is 2. The summed E-state index contributed by atoms with van der Waals surface area (Å²) in [6, 6.07) is 6.20. The first-order valence-corrected chi connectivity index (χ1v) is 8.12. The smallest absolute Gasteiger partial charge is 0.160 e. The number of likely N-dealkylation sites (tertiary alicyclic amines) is 1. The maximum Gasteiger partial charge on any atom is 0.160 e. The van der Waals surface area contributed by atoms with Crippen LogP contribution in [0.1, 0.15) is 19.3 Å². The standard InChI is InChI=1S/C17H22F2N4/c18-16-6-5-14(12-17(16)19)21-15-4-1-8-22(13-15)9-3-11-23-10-2-7-20-23/h2,5-7,10,12,15,21H,1,3-4,8-9,11,13H2. The van der Waals surface area contributed by atoms with Gasteiger partial charge in [0, 0.05) is 43.3 Å². The average Bonchev–Trinajstić information content (AvgIpc) is 3.05. The molecular formula is C17H22F2N4. The molecule has 1 N–H and O–H groups in total. The fourth-order valence-corrected chi connectivity index (χ4v) is 3.09. The first-order chi connectivity index (χ1) is 11.2. The quantitative estimate of drug-likeness (QED) is 0.888. The van der Waals surface area contributed by atoms with Crippen molar-refractivity contribution in [2.45, 2.75) is 31.8 Å². The van der Waals surface area contributed by atoms with Gasteiger partial charge in [-0.2, -0.15) is 5.10 Å². The Hall–Kier alpha value is -1.95. The molecule has 4 nitrogen and oxygen atoms in total. The Balaban J connectivity index is 1.46. The van der Waals surface area contributed by atoms with Crippen LogP contribution < -0.4 is 5.32 Å². The van der Waals surface area contributed by atoms with Gasteiger partial charge in [-0.25, -0.2) is 8.78 Å². The molecule has 6 heteroatoms. The lowest BCUT2D eigenvalue weighted by Gasteiger charge is -2.33. The number of piperidine rings is 1. The third-order valence-electron chi connectivity index (χ3n) is 4.22. The molecule has 1 fully saturated rings. The van der Waals surface area contributed by atoms with E-state index in [1.54, 1.807) is 12.3 Å². The summed E-state index contributed by atoms with van der Waals surface area (Å²) in [5, 5.41) is 7.52. The van der Waals surface area contributed by atoms with E-state index in [0.717, 1.165) is 45.4 Å². The van der Waals surface area contributed by atoms with Gasteiger partial charge in [-0.1, -0.05) is 0 Å². The molecule has 1 aromatic carbocycles. The number of hydrogen-bond acceptors (Lipinski definition) is 3. The first-order valence-electron chi connectivity index (χ1n) is 8.12. The highest BCUT2D eigenvalue weighted by Crippen LogP contribution is 2.18. The number of benzene rings is 1. The number of aryl methyl sites for hydroxylation is 1. The van der Waals surface area contributed by atoms with E-state index in [1.165, 1.54) is 12.1 Å². The molecule has 0 radical (unpaired) electrons. The normalized spacial score (nSPS) is 19.0. The van der Waals surface area contributed by atoms with Crippen molar-refractivity contribution in [1.29, 1.82) is 0 Å². The molecule has 1 aromatic heterocycles. The lowest BCUT2D eigenvalue weighted by Crippen LogP contribution is -2.42. The highest BCUT2D eigenvalue weighted by molar-refractivity contribution is 5.44. The number of anilines is 1. The van der Waals surface area contributed by atoms with E-state index in [1.807, 2.05) is 16.9 Å². The first kappa shape index (κ1) is 15.9. The van der Waals surface area contributed by atoms with Crippen LogP contribution in [0.15, 0.2) is 36.7 Å². The molecule has 1 unspecified atom stereocenters. The Kier molecular flexibility index (Phi) is 5.23. The van der Waals surface area contributed by atoms with Crippen LogP contribution in [0.25, 0.3) is 0 Å². The van der Waals surface area contributed by atoms with Gasteiger partial charge in [0.05, 0.1) is 0 Å². The second kappa shape index (κ2) is 7.55. The van der Waals surface area contributed by atoms with Gasteiger partial charge in [0.2, 0.25) is 0 Å². The predicted octanol–water partition coefficient (Wildman–Crippen LogP) is 3.13. The molecule has 2 heterocycles. The molecule has 1 atom stereocenters. The summed E-state index contributed by atoms with van der Waals surface area (Å²) >= 11 is 0. The summed E-state index contributed by atoms with van der Waals surface area (Å²) < 4.78 is 28.2. The number of hydrogen-bond donors (Lipinski definition) is 1. The van der Waals surface area contributed by atoms with E-state index >= 15 is 0 Å². The molecule has 0 spiro atoms. The SMILES string of the molecule is Fc1ccc(NC2CCCN(CCCn3cccn3)C2)cc1F. The van der Waals surface area contributed by atoms with Crippen molar-refractivity contribution in [3.63, 3.8) is 0 Å². The van der Waals surface area contributed by atoms with Crippen LogP contribution in [0, 0.1) is 11.6 Å². The summed E-state index contributed by atoms with van der Waals surface area (Å²) in [4.78, 5) is 2.42. The minimum absolute atomic E-state index is 0.276. The molecule has 124 valence electrons. The second-order valence-electron chi connectivity index (χ2n) is 6.04. The van der Waals surface area contributed by atoms with Crippen molar-refractivity contribution in [2.24, 2.45) is 0 Å². The third kappa shape index (κ3) is 4.51. The zero-order valence-electron chi connectivity index (χ0n) is 13.1. The topological polar surface area (TPSA) is 33.1 Å². The van der Waals surface area contributed by atoms with Crippen molar-refractivity contribution < 1.29 is 8.78 Å². The van der Waals surface area contributed by atoms with Crippen molar-refractivity contribution in [3.8, 4) is 0 Å². The maximum atomic E-state index is 13.3. The largest absolute Gasteiger partial charge is 0.381 e. The fraction of sp³-hybridized carbons (Fsp3) is 0.471.